The Morgan fingerprint density at radius 3 is 2.65 bits per heavy atom. The molecule has 1 aromatic carbocycles. The standard InChI is InChI=1S/C17H22ClN3O2/c1-5-7-13-14(19)15(11-8-6-9-12(18)10-11)20-21(13)16(22)23-17(2,3)4/h6,8-10H,5,7,19H2,1-4H3. The van der Waals surface area contributed by atoms with Gasteiger partial charge in [0.2, 0.25) is 0 Å². The van der Waals surface area contributed by atoms with Crippen molar-refractivity contribution in [3.8, 4) is 11.3 Å². The molecular weight excluding hydrogens is 314 g/mol. The highest BCUT2D eigenvalue weighted by Crippen LogP contribution is 2.30. The fraction of sp³-hybridized carbons (Fsp3) is 0.412. The summed E-state index contributed by atoms with van der Waals surface area (Å²) in [5.74, 6) is 0. The first-order chi connectivity index (χ1) is 10.7. The van der Waals surface area contributed by atoms with Crippen molar-refractivity contribution in [1.82, 2.24) is 9.78 Å². The van der Waals surface area contributed by atoms with Crippen LogP contribution in [0, 0.1) is 0 Å². The average molecular weight is 336 g/mol. The zero-order valence-corrected chi connectivity index (χ0v) is 14.6. The van der Waals surface area contributed by atoms with E-state index in [1.165, 1.54) is 4.68 Å². The van der Waals surface area contributed by atoms with Crippen molar-refractivity contribution < 1.29 is 9.53 Å². The van der Waals surface area contributed by atoms with Gasteiger partial charge in [-0.15, -0.1) is 0 Å². The number of halogens is 1. The number of aromatic nitrogens is 2. The Bertz CT molecular complexity index is 717. The molecule has 2 aromatic rings. The maximum Gasteiger partial charge on any atom is 0.435 e. The number of rotatable bonds is 3. The molecule has 124 valence electrons. The number of nitrogen functional groups attached to an aromatic ring is 1. The molecule has 0 bridgehead atoms. The molecule has 0 radical (unpaired) electrons. The average Bonchev–Trinajstić information content (AvgIpc) is 2.75. The molecule has 1 aromatic heterocycles. The highest BCUT2D eigenvalue weighted by Gasteiger charge is 2.24. The first-order valence-electron chi connectivity index (χ1n) is 7.59. The Hall–Kier alpha value is -2.01. The summed E-state index contributed by atoms with van der Waals surface area (Å²) in [5, 5.41) is 4.97. The SMILES string of the molecule is CCCc1c(N)c(-c2cccc(Cl)c2)nn1C(=O)OC(C)(C)C. The van der Waals surface area contributed by atoms with Crippen LogP contribution in [0.5, 0.6) is 0 Å². The third kappa shape index (κ3) is 4.05. The van der Waals surface area contributed by atoms with Crippen molar-refractivity contribution >= 4 is 23.4 Å². The normalized spacial score (nSPS) is 11.5. The number of carbonyl (C=O) groups is 1. The van der Waals surface area contributed by atoms with Gasteiger partial charge in [0.1, 0.15) is 11.3 Å². The molecule has 0 aliphatic rings. The molecule has 0 saturated carbocycles. The molecule has 6 heteroatoms. The second-order valence-corrected chi connectivity index (χ2v) is 6.80. The van der Waals surface area contributed by atoms with E-state index in [0.717, 1.165) is 12.0 Å². The van der Waals surface area contributed by atoms with Gasteiger partial charge in [0.25, 0.3) is 0 Å². The van der Waals surface area contributed by atoms with Crippen LogP contribution in [0.4, 0.5) is 10.5 Å². The zero-order chi connectivity index (χ0) is 17.2. The third-order valence-electron chi connectivity index (χ3n) is 3.17. The van der Waals surface area contributed by atoms with Crippen LogP contribution >= 0.6 is 11.6 Å². The Morgan fingerprint density at radius 1 is 1.39 bits per heavy atom. The number of hydrogen-bond donors (Lipinski definition) is 1. The third-order valence-corrected chi connectivity index (χ3v) is 3.41. The lowest BCUT2D eigenvalue weighted by Gasteiger charge is -2.19. The summed E-state index contributed by atoms with van der Waals surface area (Å²) in [5.41, 5.74) is 8.11. The van der Waals surface area contributed by atoms with E-state index in [0.29, 0.717) is 28.5 Å². The Labute approximate surface area is 141 Å². The molecule has 5 nitrogen and oxygen atoms in total. The van der Waals surface area contributed by atoms with E-state index in [4.69, 9.17) is 22.1 Å². The van der Waals surface area contributed by atoms with Gasteiger partial charge in [-0.1, -0.05) is 37.1 Å². The molecule has 0 fully saturated rings. The summed E-state index contributed by atoms with van der Waals surface area (Å²) < 4.78 is 6.68. The summed E-state index contributed by atoms with van der Waals surface area (Å²) in [7, 11) is 0. The van der Waals surface area contributed by atoms with Crippen molar-refractivity contribution in [1.29, 1.82) is 0 Å². The second kappa shape index (κ2) is 6.62. The molecule has 0 amide bonds. The molecule has 0 saturated heterocycles. The highest BCUT2D eigenvalue weighted by molar-refractivity contribution is 6.30. The quantitative estimate of drug-likeness (QED) is 0.895. The molecule has 0 unspecified atom stereocenters. The number of ether oxygens (including phenoxy) is 1. The van der Waals surface area contributed by atoms with Gasteiger partial charge in [-0.05, 0) is 39.3 Å². The Morgan fingerprint density at radius 2 is 2.09 bits per heavy atom. The fourth-order valence-corrected chi connectivity index (χ4v) is 2.44. The summed E-state index contributed by atoms with van der Waals surface area (Å²) in [4.78, 5) is 12.4. The van der Waals surface area contributed by atoms with E-state index >= 15 is 0 Å². The smallest absolute Gasteiger partial charge is 0.435 e. The van der Waals surface area contributed by atoms with Gasteiger partial charge in [0.15, 0.2) is 0 Å². The number of benzene rings is 1. The predicted octanol–water partition coefficient (Wildman–Crippen LogP) is 4.52. The number of hydrogen-bond acceptors (Lipinski definition) is 4. The van der Waals surface area contributed by atoms with E-state index in [-0.39, 0.29) is 0 Å². The first kappa shape index (κ1) is 17.3. The van der Waals surface area contributed by atoms with Crippen LogP contribution in [0.15, 0.2) is 24.3 Å². The summed E-state index contributed by atoms with van der Waals surface area (Å²) in [6.07, 6.45) is 0.952. The monoisotopic (exact) mass is 335 g/mol. The van der Waals surface area contributed by atoms with Crippen molar-refractivity contribution in [2.24, 2.45) is 0 Å². The van der Waals surface area contributed by atoms with Crippen LogP contribution in [0.2, 0.25) is 5.02 Å². The van der Waals surface area contributed by atoms with Crippen LogP contribution < -0.4 is 5.73 Å². The lowest BCUT2D eigenvalue weighted by molar-refractivity contribution is 0.0510. The minimum absolute atomic E-state index is 0.486. The second-order valence-electron chi connectivity index (χ2n) is 6.36. The van der Waals surface area contributed by atoms with Gasteiger partial charge in [0, 0.05) is 10.6 Å². The Kier molecular flexibility index (Phi) is 5.00. The summed E-state index contributed by atoms with van der Waals surface area (Å²) in [6.45, 7) is 7.46. The lowest BCUT2D eigenvalue weighted by atomic mass is 10.1. The lowest BCUT2D eigenvalue weighted by Crippen LogP contribution is -2.28. The van der Waals surface area contributed by atoms with Gasteiger partial charge in [0.05, 0.1) is 11.4 Å². The van der Waals surface area contributed by atoms with Crippen LogP contribution in [0.25, 0.3) is 11.3 Å². The maximum atomic E-state index is 12.4. The molecule has 0 spiro atoms. The van der Waals surface area contributed by atoms with Gasteiger partial charge < -0.3 is 10.5 Å². The van der Waals surface area contributed by atoms with E-state index in [9.17, 15) is 4.79 Å². The van der Waals surface area contributed by atoms with Crippen molar-refractivity contribution in [2.75, 3.05) is 5.73 Å². The molecule has 2 N–H and O–H groups in total. The van der Waals surface area contributed by atoms with Crippen LogP contribution in [-0.4, -0.2) is 21.5 Å². The van der Waals surface area contributed by atoms with E-state index in [1.54, 1.807) is 12.1 Å². The largest absolute Gasteiger partial charge is 0.442 e. The number of nitrogens with two attached hydrogens (primary N) is 1. The molecule has 0 atom stereocenters. The van der Waals surface area contributed by atoms with Crippen LogP contribution in [-0.2, 0) is 11.2 Å². The fourth-order valence-electron chi connectivity index (χ4n) is 2.25. The molecule has 23 heavy (non-hydrogen) atoms. The maximum absolute atomic E-state index is 12.4. The highest BCUT2D eigenvalue weighted by atomic mass is 35.5. The van der Waals surface area contributed by atoms with Crippen LogP contribution in [0.1, 0.15) is 39.8 Å². The first-order valence-corrected chi connectivity index (χ1v) is 7.97. The molecule has 0 aliphatic carbocycles. The molecule has 1 heterocycles. The van der Waals surface area contributed by atoms with E-state index in [1.807, 2.05) is 39.8 Å². The minimum atomic E-state index is -0.600. The number of anilines is 1. The van der Waals surface area contributed by atoms with Crippen molar-refractivity contribution in [3.63, 3.8) is 0 Å². The topological polar surface area (TPSA) is 70.1 Å². The van der Waals surface area contributed by atoms with Gasteiger partial charge in [-0.3, -0.25) is 0 Å². The van der Waals surface area contributed by atoms with E-state index in [2.05, 4.69) is 5.10 Å². The van der Waals surface area contributed by atoms with Crippen molar-refractivity contribution in [3.05, 3.63) is 35.0 Å². The van der Waals surface area contributed by atoms with E-state index < -0.39 is 11.7 Å². The summed E-state index contributed by atoms with van der Waals surface area (Å²) >= 11 is 6.04. The van der Waals surface area contributed by atoms with Gasteiger partial charge in [-0.25, -0.2) is 4.79 Å². The number of carbonyl (C=O) groups excluding carboxylic acids is 1. The molecule has 2 rings (SSSR count). The molecular formula is C17H22ClN3O2. The predicted molar refractivity (Wildman–Crippen MR) is 92.7 cm³/mol. The van der Waals surface area contributed by atoms with Crippen LogP contribution in [0.3, 0.4) is 0 Å². The summed E-state index contributed by atoms with van der Waals surface area (Å²) in [6, 6.07) is 7.23. The zero-order valence-electron chi connectivity index (χ0n) is 13.9. The molecule has 0 aliphatic heterocycles. The number of nitrogens with zero attached hydrogens (tertiary/aromatic N) is 2. The van der Waals surface area contributed by atoms with Gasteiger partial charge >= 0.3 is 6.09 Å². The van der Waals surface area contributed by atoms with Crippen molar-refractivity contribution in [2.45, 2.75) is 46.1 Å². The minimum Gasteiger partial charge on any atom is -0.442 e. The Balaban J connectivity index is 2.51. The van der Waals surface area contributed by atoms with Gasteiger partial charge in [-0.2, -0.15) is 9.78 Å².